The Morgan fingerprint density at radius 3 is 3.00 bits per heavy atom. The molecule has 2 aromatic rings. The Kier molecular flexibility index (Phi) is 4.42. The monoisotopic (exact) mass is 281 g/mol. The summed E-state index contributed by atoms with van der Waals surface area (Å²) in [5, 5.41) is 3.07. The van der Waals surface area contributed by atoms with Crippen molar-refractivity contribution in [2.24, 2.45) is 0 Å². The van der Waals surface area contributed by atoms with Crippen molar-refractivity contribution >= 4 is 23.2 Å². The number of aromatic nitrogens is 1. The van der Waals surface area contributed by atoms with Crippen LogP contribution in [0.3, 0.4) is 0 Å². The summed E-state index contributed by atoms with van der Waals surface area (Å²) in [7, 11) is 0. The van der Waals surface area contributed by atoms with E-state index in [1.165, 1.54) is 0 Å². The summed E-state index contributed by atoms with van der Waals surface area (Å²) in [6.07, 6.45) is 6.77. The third kappa shape index (κ3) is 3.74. The molecule has 0 radical (unpaired) electrons. The van der Waals surface area contributed by atoms with Crippen molar-refractivity contribution in [2.45, 2.75) is 6.92 Å². The van der Waals surface area contributed by atoms with Crippen LogP contribution in [0.25, 0.3) is 0 Å². The molecule has 0 saturated heterocycles. The van der Waals surface area contributed by atoms with Crippen LogP contribution in [-0.2, 0) is 4.74 Å². The molecule has 0 bridgehead atoms. The second kappa shape index (κ2) is 6.44. The van der Waals surface area contributed by atoms with Crippen LogP contribution in [0, 0.1) is 19.3 Å². The fourth-order valence-corrected chi connectivity index (χ4v) is 1.75. The van der Waals surface area contributed by atoms with E-state index in [0.29, 0.717) is 22.8 Å². The zero-order valence-corrected chi connectivity index (χ0v) is 11.6. The Morgan fingerprint density at radius 2 is 2.29 bits per heavy atom. The summed E-state index contributed by atoms with van der Waals surface area (Å²) < 4.78 is 4.88. The number of pyridine rings is 1. The zero-order valence-electron chi connectivity index (χ0n) is 11.6. The summed E-state index contributed by atoms with van der Waals surface area (Å²) in [6, 6.07) is 8.66. The minimum absolute atomic E-state index is 0.0526. The smallest absolute Gasteiger partial charge is 0.339 e. The number of terminal acetylenes is 1. The molecule has 21 heavy (non-hydrogen) atoms. The minimum atomic E-state index is -0.471. The number of hydrogen-bond acceptors (Lipinski definition) is 5. The molecule has 0 spiro atoms. The van der Waals surface area contributed by atoms with Gasteiger partial charge in [-0.3, -0.25) is 0 Å². The molecule has 2 rings (SSSR count). The highest BCUT2D eigenvalue weighted by atomic mass is 16.5. The standard InChI is InChI=1S/C16H15N3O2/c1-3-7-21-16(20)12-5-4-6-13(9-12)19-15-14(17)8-11(2)10-18-15/h1,4-6,8-10H,7,17H2,2H3,(H,18,19). The molecule has 1 heterocycles. The second-order valence-electron chi connectivity index (χ2n) is 4.44. The summed E-state index contributed by atoms with van der Waals surface area (Å²) in [6.45, 7) is 1.86. The largest absolute Gasteiger partial charge is 0.449 e. The summed E-state index contributed by atoms with van der Waals surface area (Å²) in [4.78, 5) is 16.0. The lowest BCUT2D eigenvalue weighted by Crippen LogP contribution is -2.06. The maximum Gasteiger partial charge on any atom is 0.339 e. The second-order valence-corrected chi connectivity index (χ2v) is 4.44. The number of rotatable bonds is 4. The zero-order chi connectivity index (χ0) is 15.2. The van der Waals surface area contributed by atoms with Gasteiger partial charge in [0.05, 0.1) is 11.3 Å². The van der Waals surface area contributed by atoms with Gasteiger partial charge in [-0.15, -0.1) is 6.42 Å². The quantitative estimate of drug-likeness (QED) is 0.665. The van der Waals surface area contributed by atoms with E-state index >= 15 is 0 Å². The van der Waals surface area contributed by atoms with Gasteiger partial charge in [-0.1, -0.05) is 12.0 Å². The van der Waals surface area contributed by atoms with Crippen LogP contribution in [0.15, 0.2) is 36.5 Å². The van der Waals surface area contributed by atoms with Crippen molar-refractivity contribution in [2.75, 3.05) is 17.7 Å². The number of esters is 1. The van der Waals surface area contributed by atoms with Crippen LogP contribution in [-0.4, -0.2) is 17.6 Å². The average molecular weight is 281 g/mol. The first-order valence-corrected chi connectivity index (χ1v) is 6.30. The number of nitrogens with zero attached hydrogens (tertiary/aromatic N) is 1. The highest BCUT2D eigenvalue weighted by molar-refractivity contribution is 5.91. The number of carbonyl (C=O) groups is 1. The Bertz CT molecular complexity index is 705. The molecule has 0 atom stereocenters. The Labute approximate surface area is 123 Å². The lowest BCUT2D eigenvalue weighted by atomic mass is 10.2. The number of anilines is 3. The van der Waals surface area contributed by atoms with Crippen LogP contribution in [0.2, 0.25) is 0 Å². The van der Waals surface area contributed by atoms with Gasteiger partial charge >= 0.3 is 5.97 Å². The molecule has 5 nitrogen and oxygen atoms in total. The first-order chi connectivity index (χ1) is 10.1. The molecule has 0 unspecified atom stereocenters. The first kappa shape index (κ1) is 14.4. The molecule has 1 aromatic carbocycles. The highest BCUT2D eigenvalue weighted by Gasteiger charge is 2.08. The van der Waals surface area contributed by atoms with Crippen LogP contribution in [0.1, 0.15) is 15.9 Å². The molecule has 3 N–H and O–H groups in total. The molecule has 0 saturated carbocycles. The Balaban J connectivity index is 2.18. The minimum Gasteiger partial charge on any atom is -0.449 e. The van der Waals surface area contributed by atoms with E-state index in [9.17, 15) is 4.79 Å². The molecular formula is C16H15N3O2. The fraction of sp³-hybridized carbons (Fsp3) is 0.125. The van der Waals surface area contributed by atoms with Gasteiger partial charge in [0.25, 0.3) is 0 Å². The highest BCUT2D eigenvalue weighted by Crippen LogP contribution is 2.22. The third-order valence-corrected chi connectivity index (χ3v) is 2.70. The third-order valence-electron chi connectivity index (χ3n) is 2.70. The maximum absolute atomic E-state index is 11.7. The molecule has 0 amide bonds. The lowest BCUT2D eigenvalue weighted by Gasteiger charge is -2.10. The Morgan fingerprint density at radius 1 is 1.48 bits per heavy atom. The van der Waals surface area contributed by atoms with Gasteiger partial charge in [0.1, 0.15) is 0 Å². The molecule has 0 aliphatic carbocycles. The van der Waals surface area contributed by atoms with Crippen LogP contribution in [0.4, 0.5) is 17.2 Å². The molecule has 5 heteroatoms. The molecule has 1 aromatic heterocycles. The van der Waals surface area contributed by atoms with Crippen LogP contribution < -0.4 is 11.1 Å². The molecule has 0 aliphatic rings. The maximum atomic E-state index is 11.7. The number of aryl methyl sites for hydroxylation is 1. The van der Waals surface area contributed by atoms with Crippen molar-refractivity contribution in [3.63, 3.8) is 0 Å². The number of nitrogens with two attached hydrogens (primary N) is 1. The number of hydrogen-bond donors (Lipinski definition) is 2. The number of nitrogens with one attached hydrogen (secondary N) is 1. The number of nitrogen functional groups attached to an aromatic ring is 1. The SMILES string of the molecule is C#CCOC(=O)c1cccc(Nc2ncc(C)cc2N)c1. The van der Waals surface area contributed by atoms with Gasteiger partial charge in [0.2, 0.25) is 0 Å². The summed E-state index contributed by atoms with van der Waals surface area (Å²) in [5.74, 6) is 2.32. The number of ether oxygens (including phenoxy) is 1. The lowest BCUT2D eigenvalue weighted by molar-refractivity contribution is 0.0557. The van der Waals surface area contributed by atoms with Crippen molar-refractivity contribution in [3.05, 3.63) is 47.7 Å². The van der Waals surface area contributed by atoms with Gasteiger partial charge in [0, 0.05) is 11.9 Å². The molecule has 0 fully saturated rings. The molecule has 0 aliphatic heterocycles. The van der Waals surface area contributed by atoms with E-state index in [4.69, 9.17) is 16.9 Å². The van der Waals surface area contributed by atoms with E-state index in [2.05, 4.69) is 16.2 Å². The van der Waals surface area contributed by atoms with E-state index in [1.807, 2.05) is 13.0 Å². The molecular weight excluding hydrogens is 266 g/mol. The normalized spacial score (nSPS) is 9.71. The topological polar surface area (TPSA) is 77.2 Å². The van der Waals surface area contributed by atoms with Crippen molar-refractivity contribution in [3.8, 4) is 12.3 Å². The van der Waals surface area contributed by atoms with Gasteiger partial charge in [0.15, 0.2) is 12.4 Å². The van der Waals surface area contributed by atoms with E-state index in [1.54, 1.807) is 30.5 Å². The Hall–Kier alpha value is -3.00. The van der Waals surface area contributed by atoms with Crippen molar-refractivity contribution in [1.29, 1.82) is 0 Å². The van der Waals surface area contributed by atoms with Crippen molar-refractivity contribution in [1.82, 2.24) is 4.98 Å². The van der Waals surface area contributed by atoms with Gasteiger partial charge in [-0.2, -0.15) is 0 Å². The summed E-state index contributed by atoms with van der Waals surface area (Å²) in [5.41, 5.74) is 8.50. The van der Waals surface area contributed by atoms with Gasteiger partial charge in [-0.05, 0) is 36.8 Å². The van der Waals surface area contributed by atoms with Crippen molar-refractivity contribution < 1.29 is 9.53 Å². The fourth-order valence-electron chi connectivity index (χ4n) is 1.75. The van der Waals surface area contributed by atoms with Crippen LogP contribution >= 0.6 is 0 Å². The van der Waals surface area contributed by atoms with E-state index in [0.717, 1.165) is 5.56 Å². The molecule has 106 valence electrons. The van der Waals surface area contributed by atoms with Gasteiger partial charge in [-0.25, -0.2) is 9.78 Å². The number of benzene rings is 1. The van der Waals surface area contributed by atoms with Crippen LogP contribution in [0.5, 0.6) is 0 Å². The van der Waals surface area contributed by atoms with E-state index < -0.39 is 5.97 Å². The predicted octanol–water partition coefficient (Wildman–Crippen LogP) is 2.51. The average Bonchev–Trinajstić information content (AvgIpc) is 2.48. The van der Waals surface area contributed by atoms with Gasteiger partial charge < -0.3 is 15.8 Å². The first-order valence-electron chi connectivity index (χ1n) is 6.30. The number of carbonyl (C=O) groups excluding carboxylic acids is 1. The summed E-state index contributed by atoms with van der Waals surface area (Å²) >= 11 is 0. The van der Waals surface area contributed by atoms with E-state index in [-0.39, 0.29) is 6.61 Å². The predicted molar refractivity (Wildman–Crippen MR) is 82.2 cm³/mol.